The number of benzene rings is 1. The molecule has 1 aliphatic rings. The molecule has 1 aromatic carbocycles. The molecule has 3 rings (SSSR count). The minimum absolute atomic E-state index is 0.00314. The minimum atomic E-state index is -0.149. The van der Waals surface area contributed by atoms with Gasteiger partial charge in [-0.05, 0) is 73.5 Å². The van der Waals surface area contributed by atoms with Gasteiger partial charge in [0.05, 0.1) is 12.0 Å². The molecule has 0 aliphatic carbocycles. The average Bonchev–Trinajstić information content (AvgIpc) is 3.20. The second-order valence-corrected chi connectivity index (χ2v) is 7.63. The van der Waals surface area contributed by atoms with Crippen LogP contribution in [0.25, 0.3) is 0 Å². The minimum Gasteiger partial charge on any atom is -0.497 e. The molecule has 0 unspecified atom stereocenters. The Morgan fingerprint density at radius 1 is 1.35 bits per heavy atom. The zero-order valence-electron chi connectivity index (χ0n) is 15.0. The van der Waals surface area contributed by atoms with Crippen LogP contribution in [0.15, 0.2) is 35.7 Å². The average molecular weight is 376 g/mol. The molecule has 1 aliphatic heterocycles. The number of rotatable bonds is 7. The van der Waals surface area contributed by atoms with E-state index in [-0.39, 0.29) is 11.7 Å². The summed E-state index contributed by atoms with van der Waals surface area (Å²) in [6.45, 7) is 3.50. The van der Waals surface area contributed by atoms with Gasteiger partial charge in [0.15, 0.2) is 0 Å². The second kappa shape index (κ2) is 9.14. The molecule has 1 fully saturated rings. The molecule has 0 atom stereocenters. The molecule has 0 radical (unpaired) electrons. The van der Waals surface area contributed by atoms with Crippen molar-refractivity contribution in [2.45, 2.75) is 19.3 Å². The van der Waals surface area contributed by atoms with Gasteiger partial charge in [0.2, 0.25) is 0 Å². The zero-order valence-corrected chi connectivity index (χ0v) is 15.9. The third-order valence-corrected chi connectivity index (χ3v) is 5.80. The first kappa shape index (κ1) is 18.9. The van der Waals surface area contributed by atoms with Gasteiger partial charge in [-0.1, -0.05) is 6.07 Å². The summed E-state index contributed by atoms with van der Waals surface area (Å²) in [4.78, 5) is 15.0. The number of likely N-dealkylation sites (tertiary alicyclic amines) is 1. The number of hydrogen-bond donors (Lipinski definition) is 1. The van der Waals surface area contributed by atoms with Crippen LogP contribution >= 0.6 is 11.3 Å². The number of amides is 1. The van der Waals surface area contributed by atoms with E-state index in [0.717, 1.165) is 49.3 Å². The topological polar surface area (TPSA) is 41.6 Å². The van der Waals surface area contributed by atoms with Gasteiger partial charge in [-0.15, -0.1) is 11.3 Å². The molecule has 26 heavy (non-hydrogen) atoms. The molecular formula is C20H25FN2O2S. The normalized spacial score (nSPS) is 15.8. The van der Waals surface area contributed by atoms with Crippen molar-refractivity contribution in [2.24, 2.45) is 5.92 Å². The first-order chi connectivity index (χ1) is 12.7. The number of ether oxygens (including phenoxy) is 1. The fourth-order valence-corrected chi connectivity index (χ4v) is 4.02. The van der Waals surface area contributed by atoms with Crippen molar-refractivity contribution in [1.29, 1.82) is 0 Å². The highest BCUT2D eigenvalue weighted by atomic mass is 32.1. The van der Waals surface area contributed by atoms with Crippen molar-refractivity contribution in [3.05, 3.63) is 52.0 Å². The van der Waals surface area contributed by atoms with Gasteiger partial charge in [0, 0.05) is 13.1 Å². The SMILES string of the molecule is COc1ccc(F)c(CC2CCN(CCNC(=O)c3cccs3)CC2)c1. The van der Waals surface area contributed by atoms with Gasteiger partial charge in [-0.3, -0.25) is 4.79 Å². The Morgan fingerprint density at radius 3 is 2.85 bits per heavy atom. The summed E-state index contributed by atoms with van der Waals surface area (Å²) in [5.74, 6) is 1.06. The molecular weight excluding hydrogens is 351 g/mol. The van der Waals surface area contributed by atoms with E-state index in [0.29, 0.717) is 18.2 Å². The molecule has 0 bridgehead atoms. The van der Waals surface area contributed by atoms with E-state index in [9.17, 15) is 9.18 Å². The first-order valence-corrected chi connectivity index (χ1v) is 9.90. The molecule has 0 saturated carbocycles. The van der Waals surface area contributed by atoms with E-state index < -0.39 is 0 Å². The van der Waals surface area contributed by atoms with Gasteiger partial charge in [0.25, 0.3) is 5.91 Å². The van der Waals surface area contributed by atoms with E-state index in [2.05, 4.69) is 10.2 Å². The number of carbonyl (C=O) groups is 1. The number of piperidine rings is 1. The summed E-state index contributed by atoms with van der Waals surface area (Å²) in [6, 6.07) is 8.67. The standard InChI is InChI=1S/C20H25FN2O2S/c1-25-17-4-5-18(21)16(14-17)13-15-6-9-23(10-7-15)11-8-22-20(24)19-3-2-12-26-19/h2-5,12,14-15H,6-11,13H2,1H3,(H,22,24). The van der Waals surface area contributed by atoms with Crippen LogP contribution in [0.2, 0.25) is 0 Å². The molecule has 1 N–H and O–H groups in total. The number of thiophene rings is 1. The Hall–Kier alpha value is -1.92. The lowest BCUT2D eigenvalue weighted by atomic mass is 9.90. The van der Waals surface area contributed by atoms with Crippen molar-refractivity contribution in [3.8, 4) is 5.75 Å². The summed E-state index contributed by atoms with van der Waals surface area (Å²) in [6.07, 6.45) is 2.86. The maximum absolute atomic E-state index is 14.0. The Morgan fingerprint density at radius 2 is 2.15 bits per heavy atom. The van der Waals surface area contributed by atoms with Gasteiger partial charge in [-0.2, -0.15) is 0 Å². The molecule has 0 spiro atoms. The van der Waals surface area contributed by atoms with Gasteiger partial charge in [-0.25, -0.2) is 4.39 Å². The van der Waals surface area contributed by atoms with Crippen molar-refractivity contribution >= 4 is 17.2 Å². The predicted molar refractivity (Wildman–Crippen MR) is 102 cm³/mol. The van der Waals surface area contributed by atoms with Crippen molar-refractivity contribution in [1.82, 2.24) is 10.2 Å². The molecule has 2 aromatic rings. The molecule has 2 heterocycles. The largest absolute Gasteiger partial charge is 0.497 e. The maximum Gasteiger partial charge on any atom is 0.261 e. The Bertz CT molecular complexity index is 713. The lowest BCUT2D eigenvalue weighted by Gasteiger charge is -2.32. The number of carbonyl (C=O) groups excluding carboxylic acids is 1. The lowest BCUT2D eigenvalue weighted by Crippen LogP contribution is -2.39. The maximum atomic E-state index is 14.0. The summed E-state index contributed by atoms with van der Waals surface area (Å²) < 4.78 is 19.2. The van der Waals surface area contributed by atoms with Gasteiger partial charge < -0.3 is 15.0 Å². The predicted octanol–water partition coefficient (Wildman–Crippen LogP) is 3.58. The fourth-order valence-electron chi connectivity index (χ4n) is 3.38. The monoisotopic (exact) mass is 376 g/mol. The van der Waals surface area contributed by atoms with Crippen LogP contribution in [0.5, 0.6) is 5.75 Å². The van der Waals surface area contributed by atoms with E-state index >= 15 is 0 Å². The molecule has 4 nitrogen and oxygen atoms in total. The summed E-state index contributed by atoms with van der Waals surface area (Å²) in [5, 5.41) is 4.88. The van der Waals surface area contributed by atoms with Crippen LogP contribution in [0, 0.1) is 11.7 Å². The van der Waals surface area contributed by atoms with Crippen LogP contribution in [0.4, 0.5) is 4.39 Å². The molecule has 1 aromatic heterocycles. The van der Waals surface area contributed by atoms with E-state index in [1.807, 2.05) is 23.6 Å². The summed E-state index contributed by atoms with van der Waals surface area (Å²) >= 11 is 1.46. The van der Waals surface area contributed by atoms with Crippen LogP contribution < -0.4 is 10.1 Å². The summed E-state index contributed by atoms with van der Waals surface area (Å²) in [5.41, 5.74) is 0.742. The Kier molecular flexibility index (Phi) is 6.63. The fraction of sp³-hybridized carbons (Fsp3) is 0.450. The van der Waals surface area contributed by atoms with Crippen LogP contribution in [-0.2, 0) is 6.42 Å². The van der Waals surface area contributed by atoms with Crippen molar-refractivity contribution in [2.75, 3.05) is 33.3 Å². The number of hydrogen-bond acceptors (Lipinski definition) is 4. The van der Waals surface area contributed by atoms with Crippen molar-refractivity contribution in [3.63, 3.8) is 0 Å². The number of halogens is 1. The number of methoxy groups -OCH3 is 1. The van der Waals surface area contributed by atoms with Crippen LogP contribution in [-0.4, -0.2) is 44.1 Å². The zero-order chi connectivity index (χ0) is 18.4. The highest BCUT2D eigenvalue weighted by molar-refractivity contribution is 7.12. The third kappa shape index (κ3) is 5.05. The van der Waals surface area contributed by atoms with Crippen LogP contribution in [0.3, 0.4) is 0 Å². The van der Waals surface area contributed by atoms with E-state index in [1.54, 1.807) is 13.2 Å². The number of nitrogens with zero attached hydrogens (tertiary/aromatic N) is 1. The van der Waals surface area contributed by atoms with E-state index in [1.165, 1.54) is 17.4 Å². The molecule has 140 valence electrons. The highest BCUT2D eigenvalue weighted by Crippen LogP contribution is 2.25. The Balaban J connectivity index is 1.39. The highest BCUT2D eigenvalue weighted by Gasteiger charge is 2.20. The van der Waals surface area contributed by atoms with Crippen molar-refractivity contribution < 1.29 is 13.9 Å². The molecule has 1 amide bonds. The molecule has 1 saturated heterocycles. The second-order valence-electron chi connectivity index (χ2n) is 6.68. The third-order valence-electron chi connectivity index (χ3n) is 4.93. The lowest BCUT2D eigenvalue weighted by molar-refractivity contribution is 0.0948. The first-order valence-electron chi connectivity index (χ1n) is 9.02. The quantitative estimate of drug-likeness (QED) is 0.803. The number of nitrogens with one attached hydrogen (secondary N) is 1. The summed E-state index contributed by atoms with van der Waals surface area (Å²) in [7, 11) is 1.60. The van der Waals surface area contributed by atoms with Gasteiger partial charge in [0.1, 0.15) is 11.6 Å². The smallest absolute Gasteiger partial charge is 0.261 e. The molecule has 6 heteroatoms. The van der Waals surface area contributed by atoms with Crippen LogP contribution in [0.1, 0.15) is 28.1 Å². The Labute approximate surface area is 158 Å². The van der Waals surface area contributed by atoms with E-state index in [4.69, 9.17) is 4.74 Å². The van der Waals surface area contributed by atoms with Gasteiger partial charge >= 0.3 is 0 Å².